The Morgan fingerprint density at radius 1 is 1.41 bits per heavy atom. The molecule has 1 aromatic heterocycles. The van der Waals surface area contributed by atoms with Crippen LogP contribution in [0.15, 0.2) is 23.7 Å². The first kappa shape index (κ1) is 12.4. The van der Waals surface area contributed by atoms with Gasteiger partial charge in [-0.05, 0) is 18.2 Å². The summed E-state index contributed by atoms with van der Waals surface area (Å²) in [5, 5.41) is 0.988. The molecule has 0 saturated carbocycles. The summed E-state index contributed by atoms with van der Waals surface area (Å²) in [5.74, 6) is -0.423. The average molecular weight is 288 g/mol. The molecule has 6 heteroatoms. The lowest BCUT2D eigenvalue weighted by Crippen LogP contribution is -2.00. The van der Waals surface area contributed by atoms with Crippen molar-refractivity contribution < 1.29 is 9.53 Å². The highest BCUT2D eigenvalue weighted by Gasteiger charge is 2.18. The van der Waals surface area contributed by atoms with Crippen molar-refractivity contribution in [2.75, 3.05) is 7.11 Å². The molecule has 17 heavy (non-hydrogen) atoms. The number of carbonyl (C=O) groups excluding carboxylic acids is 1. The van der Waals surface area contributed by atoms with E-state index in [0.717, 1.165) is 0 Å². The van der Waals surface area contributed by atoms with Crippen LogP contribution in [0.25, 0.3) is 11.3 Å². The maximum atomic E-state index is 11.5. The Balaban J connectivity index is 2.53. The van der Waals surface area contributed by atoms with Gasteiger partial charge in [0, 0.05) is 10.6 Å². The number of thiazole rings is 1. The Kier molecular flexibility index (Phi) is 3.66. The second-order valence-electron chi connectivity index (χ2n) is 3.15. The van der Waals surface area contributed by atoms with E-state index < -0.39 is 5.97 Å². The molecule has 0 saturated heterocycles. The quantitative estimate of drug-likeness (QED) is 0.787. The number of hydrogen-bond acceptors (Lipinski definition) is 4. The zero-order valence-electron chi connectivity index (χ0n) is 8.74. The predicted molar refractivity (Wildman–Crippen MR) is 68.9 cm³/mol. The van der Waals surface area contributed by atoms with Gasteiger partial charge in [0.15, 0.2) is 0 Å². The standard InChI is InChI=1S/C11H7Cl2NO2S/c1-16-11(15)10-9(14-5-17-10)7-3-2-6(12)4-8(7)13/h2-5H,1H3. The summed E-state index contributed by atoms with van der Waals surface area (Å²) >= 11 is 13.1. The van der Waals surface area contributed by atoms with Crippen LogP contribution in [0.3, 0.4) is 0 Å². The van der Waals surface area contributed by atoms with E-state index in [1.54, 1.807) is 23.7 Å². The van der Waals surface area contributed by atoms with Crippen LogP contribution in [0, 0.1) is 0 Å². The molecule has 1 aromatic carbocycles. The number of benzene rings is 1. The van der Waals surface area contributed by atoms with Crippen LogP contribution in [-0.4, -0.2) is 18.1 Å². The first-order valence-corrected chi connectivity index (χ1v) is 6.24. The molecule has 0 atom stereocenters. The van der Waals surface area contributed by atoms with Crippen molar-refractivity contribution >= 4 is 40.5 Å². The molecule has 0 fully saturated rings. The van der Waals surface area contributed by atoms with Crippen molar-refractivity contribution in [3.63, 3.8) is 0 Å². The van der Waals surface area contributed by atoms with Crippen LogP contribution in [-0.2, 0) is 4.74 Å². The second kappa shape index (κ2) is 5.04. The van der Waals surface area contributed by atoms with Crippen LogP contribution in [0.1, 0.15) is 9.67 Å². The molecular weight excluding hydrogens is 281 g/mol. The lowest BCUT2D eigenvalue weighted by atomic mass is 10.1. The number of esters is 1. The highest BCUT2D eigenvalue weighted by molar-refractivity contribution is 7.12. The minimum absolute atomic E-state index is 0.423. The Morgan fingerprint density at radius 2 is 2.18 bits per heavy atom. The van der Waals surface area contributed by atoms with Crippen molar-refractivity contribution in [3.8, 4) is 11.3 Å². The summed E-state index contributed by atoms with van der Waals surface area (Å²) in [5.41, 5.74) is 2.76. The molecule has 1 heterocycles. The van der Waals surface area contributed by atoms with Crippen LogP contribution in [0.4, 0.5) is 0 Å². The van der Waals surface area contributed by atoms with Gasteiger partial charge in [-0.25, -0.2) is 9.78 Å². The normalized spacial score (nSPS) is 10.3. The fraction of sp³-hybridized carbons (Fsp3) is 0.0909. The van der Waals surface area contributed by atoms with Gasteiger partial charge >= 0.3 is 5.97 Å². The van der Waals surface area contributed by atoms with Gasteiger partial charge in [0.2, 0.25) is 0 Å². The third-order valence-electron chi connectivity index (χ3n) is 2.12. The number of methoxy groups -OCH3 is 1. The van der Waals surface area contributed by atoms with E-state index in [4.69, 9.17) is 23.2 Å². The predicted octanol–water partition coefficient (Wildman–Crippen LogP) is 3.90. The lowest BCUT2D eigenvalue weighted by molar-refractivity contribution is 0.0607. The van der Waals surface area contributed by atoms with Gasteiger partial charge in [0.05, 0.1) is 23.3 Å². The van der Waals surface area contributed by atoms with E-state index in [2.05, 4.69) is 9.72 Å². The van der Waals surface area contributed by atoms with Gasteiger partial charge in [-0.15, -0.1) is 11.3 Å². The van der Waals surface area contributed by atoms with E-state index in [9.17, 15) is 4.79 Å². The van der Waals surface area contributed by atoms with Crippen LogP contribution in [0.2, 0.25) is 10.0 Å². The highest BCUT2D eigenvalue weighted by Crippen LogP contribution is 2.33. The van der Waals surface area contributed by atoms with Crippen LogP contribution < -0.4 is 0 Å². The summed E-state index contributed by atoms with van der Waals surface area (Å²) in [4.78, 5) is 16.1. The van der Waals surface area contributed by atoms with Gasteiger partial charge < -0.3 is 4.74 Å². The van der Waals surface area contributed by atoms with Gasteiger partial charge in [-0.3, -0.25) is 0 Å². The smallest absolute Gasteiger partial charge is 0.350 e. The molecule has 2 rings (SSSR count). The number of rotatable bonds is 2. The van der Waals surface area contributed by atoms with Crippen LogP contribution >= 0.6 is 34.5 Å². The molecule has 0 amide bonds. The van der Waals surface area contributed by atoms with E-state index in [-0.39, 0.29) is 0 Å². The maximum Gasteiger partial charge on any atom is 0.350 e. The molecule has 0 bridgehead atoms. The zero-order valence-corrected chi connectivity index (χ0v) is 11.1. The van der Waals surface area contributed by atoms with Gasteiger partial charge in [0.25, 0.3) is 0 Å². The van der Waals surface area contributed by atoms with Crippen molar-refractivity contribution in [1.82, 2.24) is 4.98 Å². The molecule has 2 aromatic rings. The minimum Gasteiger partial charge on any atom is -0.465 e. The molecule has 0 aliphatic rings. The number of aromatic nitrogens is 1. The van der Waals surface area contributed by atoms with E-state index in [1.165, 1.54) is 18.4 Å². The molecule has 0 spiro atoms. The third-order valence-corrected chi connectivity index (χ3v) is 3.48. The van der Waals surface area contributed by atoms with Crippen molar-refractivity contribution in [2.45, 2.75) is 0 Å². The average Bonchev–Trinajstić information content (AvgIpc) is 2.77. The number of carbonyl (C=O) groups is 1. The topological polar surface area (TPSA) is 39.2 Å². The number of nitrogens with zero attached hydrogens (tertiary/aromatic N) is 1. The second-order valence-corrected chi connectivity index (χ2v) is 4.84. The monoisotopic (exact) mass is 287 g/mol. The maximum absolute atomic E-state index is 11.5. The van der Waals surface area contributed by atoms with E-state index in [0.29, 0.717) is 26.2 Å². The van der Waals surface area contributed by atoms with Crippen LogP contribution in [0.5, 0.6) is 0 Å². The van der Waals surface area contributed by atoms with E-state index >= 15 is 0 Å². The lowest BCUT2D eigenvalue weighted by Gasteiger charge is -2.03. The first-order chi connectivity index (χ1) is 8.13. The number of ether oxygens (including phenoxy) is 1. The summed E-state index contributed by atoms with van der Waals surface area (Å²) in [6.07, 6.45) is 0. The van der Waals surface area contributed by atoms with Crippen molar-refractivity contribution in [1.29, 1.82) is 0 Å². The van der Waals surface area contributed by atoms with Gasteiger partial charge in [-0.2, -0.15) is 0 Å². The largest absolute Gasteiger partial charge is 0.465 e. The minimum atomic E-state index is -0.423. The van der Waals surface area contributed by atoms with Gasteiger partial charge in [0.1, 0.15) is 4.88 Å². The Labute approximate surface area is 112 Å². The Morgan fingerprint density at radius 3 is 2.82 bits per heavy atom. The third kappa shape index (κ3) is 2.44. The Hall–Kier alpha value is -1.10. The summed E-state index contributed by atoms with van der Waals surface area (Å²) in [7, 11) is 1.33. The molecule has 0 radical (unpaired) electrons. The zero-order chi connectivity index (χ0) is 12.4. The molecule has 0 N–H and O–H groups in total. The van der Waals surface area contributed by atoms with Crippen molar-refractivity contribution in [2.24, 2.45) is 0 Å². The fourth-order valence-corrected chi connectivity index (χ4v) is 2.57. The Bertz CT molecular complexity index is 568. The fourth-order valence-electron chi connectivity index (χ4n) is 1.36. The molecular formula is C11H7Cl2NO2S. The van der Waals surface area contributed by atoms with Gasteiger partial charge in [-0.1, -0.05) is 23.2 Å². The number of hydrogen-bond donors (Lipinski definition) is 0. The first-order valence-electron chi connectivity index (χ1n) is 4.60. The summed E-state index contributed by atoms with van der Waals surface area (Å²) in [6, 6.07) is 5.04. The van der Waals surface area contributed by atoms with E-state index in [1.807, 2.05) is 0 Å². The number of halogens is 2. The SMILES string of the molecule is COC(=O)c1scnc1-c1ccc(Cl)cc1Cl. The molecule has 88 valence electrons. The molecule has 0 aliphatic carbocycles. The summed E-state index contributed by atoms with van der Waals surface area (Å²) < 4.78 is 4.68. The summed E-state index contributed by atoms with van der Waals surface area (Å²) in [6.45, 7) is 0. The highest BCUT2D eigenvalue weighted by atomic mass is 35.5. The van der Waals surface area contributed by atoms with Crippen molar-refractivity contribution in [3.05, 3.63) is 38.6 Å². The molecule has 0 aliphatic heterocycles. The molecule has 3 nitrogen and oxygen atoms in total. The molecule has 0 unspecified atom stereocenters.